The van der Waals surface area contributed by atoms with Gasteiger partial charge >= 0.3 is 0 Å². The molecule has 0 aliphatic rings. The Morgan fingerprint density at radius 2 is 1.97 bits per heavy atom. The van der Waals surface area contributed by atoms with Gasteiger partial charge in [0.2, 0.25) is 5.91 Å². The molecule has 2 aromatic heterocycles. The smallest absolute Gasteiger partial charge is 0.222 e. The summed E-state index contributed by atoms with van der Waals surface area (Å²) in [5, 5.41) is 12.6. The van der Waals surface area contributed by atoms with Crippen molar-refractivity contribution < 1.29 is 4.79 Å². The number of H-pyrrole nitrogens is 1. The van der Waals surface area contributed by atoms with Crippen LogP contribution in [0.2, 0.25) is 0 Å². The zero-order chi connectivity index (χ0) is 20.8. The fraction of sp³-hybridized carbons (Fsp3) is 0.409. The van der Waals surface area contributed by atoms with Gasteiger partial charge in [0.05, 0.1) is 6.04 Å². The summed E-state index contributed by atoms with van der Waals surface area (Å²) in [6, 6.07) is 12.4. The van der Waals surface area contributed by atoms with Gasteiger partial charge in [0.1, 0.15) is 0 Å². The molecule has 29 heavy (non-hydrogen) atoms. The van der Waals surface area contributed by atoms with Crippen LogP contribution < -0.4 is 5.32 Å². The summed E-state index contributed by atoms with van der Waals surface area (Å²) in [4.78, 5) is 14.0. The van der Waals surface area contributed by atoms with Crippen LogP contribution in [0.15, 0.2) is 41.8 Å². The molecule has 3 rings (SSSR count). The molecule has 0 bridgehead atoms. The first-order valence-electron chi connectivity index (χ1n) is 10.1. The Morgan fingerprint density at radius 3 is 2.59 bits per heavy atom. The van der Waals surface area contributed by atoms with Crippen molar-refractivity contribution in [2.45, 2.75) is 52.6 Å². The highest BCUT2D eigenvalue weighted by Crippen LogP contribution is 2.30. The number of hydrogen-bond donors (Lipinski definition) is 2. The Hall–Kier alpha value is -2.25. The van der Waals surface area contributed by atoms with Crippen molar-refractivity contribution in [3.05, 3.63) is 57.0 Å². The largest absolute Gasteiger partial charge is 0.348 e. The van der Waals surface area contributed by atoms with E-state index < -0.39 is 0 Å². The van der Waals surface area contributed by atoms with Crippen LogP contribution in [-0.4, -0.2) is 20.7 Å². The van der Waals surface area contributed by atoms with E-state index in [-0.39, 0.29) is 11.9 Å². The molecule has 1 unspecified atom stereocenters. The van der Waals surface area contributed by atoms with Gasteiger partial charge in [0.15, 0.2) is 10.6 Å². The number of thiophene rings is 1. The molecule has 3 aromatic rings. The van der Waals surface area contributed by atoms with E-state index in [1.165, 1.54) is 10.4 Å². The minimum absolute atomic E-state index is 0.0354. The molecule has 154 valence electrons. The van der Waals surface area contributed by atoms with Gasteiger partial charge in [-0.1, -0.05) is 62.6 Å². The third-order valence-electron chi connectivity index (χ3n) is 5.32. The van der Waals surface area contributed by atoms with Gasteiger partial charge in [-0.05, 0) is 36.5 Å². The maximum atomic E-state index is 12.8. The lowest BCUT2D eigenvalue weighted by atomic mass is 9.93. The third kappa shape index (κ3) is 5.22. The second-order valence-electron chi connectivity index (χ2n) is 7.26. The van der Waals surface area contributed by atoms with Crippen molar-refractivity contribution in [3.63, 3.8) is 0 Å². The SMILES string of the molecule is CCC(CC)C(NC(=O)CCn1c(-c2ccc(C)cc2)n[nH]c1=S)c1cccs1. The number of rotatable bonds is 9. The average Bonchev–Trinajstić information content (AvgIpc) is 3.37. The number of nitrogens with one attached hydrogen (secondary N) is 2. The number of benzene rings is 1. The molecule has 0 saturated heterocycles. The quantitative estimate of drug-likeness (QED) is 0.432. The molecule has 2 heterocycles. The summed E-state index contributed by atoms with van der Waals surface area (Å²) in [6.45, 7) is 6.90. The van der Waals surface area contributed by atoms with Gasteiger partial charge in [-0.2, -0.15) is 5.10 Å². The maximum Gasteiger partial charge on any atom is 0.222 e. The maximum absolute atomic E-state index is 12.8. The molecule has 0 radical (unpaired) electrons. The molecule has 0 aliphatic carbocycles. The van der Waals surface area contributed by atoms with Crippen LogP contribution in [0.3, 0.4) is 0 Å². The van der Waals surface area contributed by atoms with Crippen molar-refractivity contribution in [2.75, 3.05) is 0 Å². The third-order valence-corrected chi connectivity index (χ3v) is 6.58. The topological polar surface area (TPSA) is 62.7 Å². The number of amides is 1. The number of nitrogens with zero attached hydrogens (tertiary/aromatic N) is 2. The summed E-state index contributed by atoms with van der Waals surface area (Å²) in [5.74, 6) is 1.22. The Balaban J connectivity index is 1.71. The molecule has 5 nitrogen and oxygen atoms in total. The molecule has 0 fully saturated rings. The molecule has 1 amide bonds. The first-order chi connectivity index (χ1) is 14.0. The highest BCUT2D eigenvalue weighted by atomic mass is 32.1. The fourth-order valence-corrected chi connectivity index (χ4v) is 4.65. The lowest BCUT2D eigenvalue weighted by Gasteiger charge is -2.25. The van der Waals surface area contributed by atoms with Gasteiger partial charge in [-0.25, -0.2) is 0 Å². The minimum atomic E-state index is 0.0354. The van der Waals surface area contributed by atoms with Crippen molar-refractivity contribution >= 4 is 29.5 Å². The zero-order valence-corrected chi connectivity index (χ0v) is 18.8. The van der Waals surface area contributed by atoms with Crippen molar-refractivity contribution in [1.29, 1.82) is 0 Å². The van der Waals surface area contributed by atoms with Gasteiger partial charge in [0.25, 0.3) is 0 Å². The highest BCUT2D eigenvalue weighted by molar-refractivity contribution is 7.71. The number of aromatic amines is 1. The molecule has 1 aromatic carbocycles. The molecule has 1 atom stereocenters. The predicted molar refractivity (Wildman–Crippen MR) is 121 cm³/mol. The fourth-order valence-electron chi connectivity index (χ4n) is 3.56. The van der Waals surface area contributed by atoms with Crippen LogP contribution in [-0.2, 0) is 11.3 Å². The number of aryl methyl sites for hydroxylation is 1. The summed E-state index contributed by atoms with van der Waals surface area (Å²) in [5.41, 5.74) is 2.17. The first kappa shape index (κ1) is 21.5. The van der Waals surface area contributed by atoms with E-state index in [0.717, 1.165) is 24.2 Å². The van der Waals surface area contributed by atoms with Gasteiger partial charge in [0, 0.05) is 23.4 Å². The average molecular weight is 429 g/mol. The van der Waals surface area contributed by atoms with Crippen LogP contribution >= 0.6 is 23.6 Å². The lowest BCUT2D eigenvalue weighted by molar-refractivity contribution is -0.122. The molecule has 0 aliphatic heterocycles. The summed E-state index contributed by atoms with van der Waals surface area (Å²) < 4.78 is 2.43. The standard InChI is InChI=1S/C22H28N4OS2/c1-4-16(5-2)20(18-7-6-14-29-18)23-19(27)12-13-26-21(24-25-22(26)28)17-10-8-15(3)9-11-17/h6-11,14,16,20H,4-5,12-13H2,1-3H3,(H,23,27)(H,25,28). The number of carbonyl (C=O) groups is 1. The van der Waals surface area contributed by atoms with Crippen LogP contribution in [0, 0.1) is 17.6 Å². The second-order valence-corrected chi connectivity index (χ2v) is 8.62. The molecular formula is C22H28N4OS2. The van der Waals surface area contributed by atoms with E-state index >= 15 is 0 Å². The highest BCUT2D eigenvalue weighted by Gasteiger charge is 2.23. The van der Waals surface area contributed by atoms with E-state index in [1.54, 1.807) is 11.3 Å². The van der Waals surface area contributed by atoms with E-state index in [4.69, 9.17) is 12.2 Å². The summed E-state index contributed by atoms with van der Waals surface area (Å²) >= 11 is 7.10. The van der Waals surface area contributed by atoms with Gasteiger partial charge in [-0.15, -0.1) is 11.3 Å². The molecule has 0 saturated carbocycles. The normalized spacial score (nSPS) is 12.3. The Kier molecular flexibility index (Phi) is 7.39. The van der Waals surface area contributed by atoms with Crippen molar-refractivity contribution in [1.82, 2.24) is 20.1 Å². The summed E-state index contributed by atoms with van der Waals surface area (Å²) in [7, 11) is 0. The lowest BCUT2D eigenvalue weighted by Crippen LogP contribution is -2.33. The van der Waals surface area contributed by atoms with Gasteiger partial charge in [-0.3, -0.25) is 14.5 Å². The van der Waals surface area contributed by atoms with Crippen LogP contribution in [0.4, 0.5) is 0 Å². The van der Waals surface area contributed by atoms with Crippen LogP contribution in [0.1, 0.15) is 49.6 Å². The predicted octanol–water partition coefficient (Wildman–Crippen LogP) is 5.66. The monoisotopic (exact) mass is 428 g/mol. The van der Waals surface area contributed by atoms with E-state index in [2.05, 4.69) is 47.7 Å². The number of aromatic nitrogens is 3. The first-order valence-corrected chi connectivity index (χ1v) is 11.4. The van der Waals surface area contributed by atoms with Crippen molar-refractivity contribution in [2.24, 2.45) is 5.92 Å². The van der Waals surface area contributed by atoms with Crippen molar-refractivity contribution in [3.8, 4) is 11.4 Å². The Bertz CT molecular complexity index is 969. The molecular weight excluding hydrogens is 400 g/mol. The van der Waals surface area contributed by atoms with Crippen LogP contribution in [0.25, 0.3) is 11.4 Å². The van der Waals surface area contributed by atoms with E-state index in [1.807, 2.05) is 34.9 Å². The van der Waals surface area contributed by atoms with Gasteiger partial charge < -0.3 is 5.32 Å². The van der Waals surface area contributed by atoms with E-state index in [0.29, 0.717) is 23.7 Å². The minimum Gasteiger partial charge on any atom is -0.348 e. The Labute approximate surface area is 181 Å². The number of hydrogen-bond acceptors (Lipinski definition) is 4. The molecule has 2 N–H and O–H groups in total. The van der Waals surface area contributed by atoms with E-state index in [9.17, 15) is 4.79 Å². The molecule has 7 heteroatoms. The molecule has 0 spiro atoms. The Morgan fingerprint density at radius 1 is 1.24 bits per heavy atom. The zero-order valence-electron chi connectivity index (χ0n) is 17.1. The number of carbonyl (C=O) groups excluding carboxylic acids is 1. The van der Waals surface area contributed by atoms with Crippen LogP contribution in [0.5, 0.6) is 0 Å². The second kappa shape index (κ2) is 9.98. The summed E-state index contributed by atoms with van der Waals surface area (Å²) in [6.07, 6.45) is 2.42.